The Morgan fingerprint density at radius 2 is 0.700 bits per heavy atom. The van der Waals surface area contributed by atoms with Gasteiger partial charge in [0, 0.05) is 11.1 Å². The predicted molar refractivity (Wildman–Crippen MR) is 184 cm³/mol. The number of methoxy groups -OCH3 is 8. The highest BCUT2D eigenvalue weighted by molar-refractivity contribution is 5.78. The summed E-state index contributed by atoms with van der Waals surface area (Å²) in [5.41, 5.74) is 3.86. The molecule has 50 heavy (non-hydrogen) atoms. The molecular formula is C38H42O12. The Kier molecular flexibility index (Phi) is 13.0. The molecule has 0 saturated heterocycles. The fraction of sp³-hybridized carbons (Fsp3) is 0.316. The van der Waals surface area contributed by atoms with E-state index in [4.69, 9.17) is 47.4 Å². The summed E-state index contributed by atoms with van der Waals surface area (Å²) < 4.78 is 55.3. The van der Waals surface area contributed by atoms with Crippen molar-refractivity contribution >= 4 is 11.9 Å². The number of ether oxygens (including phenoxy) is 10. The van der Waals surface area contributed by atoms with Crippen molar-refractivity contribution in [2.24, 2.45) is 0 Å². The van der Waals surface area contributed by atoms with Gasteiger partial charge in [-0.05, 0) is 70.8 Å². The monoisotopic (exact) mass is 690 g/mol. The van der Waals surface area contributed by atoms with Crippen LogP contribution in [0.15, 0.2) is 60.7 Å². The van der Waals surface area contributed by atoms with E-state index < -0.39 is 11.9 Å². The van der Waals surface area contributed by atoms with Gasteiger partial charge in [-0.3, -0.25) is 9.59 Å². The molecule has 0 atom stereocenters. The van der Waals surface area contributed by atoms with Gasteiger partial charge in [0.15, 0.2) is 46.0 Å². The molecule has 0 unspecified atom stereocenters. The zero-order chi connectivity index (χ0) is 36.2. The summed E-state index contributed by atoms with van der Waals surface area (Å²) in [7, 11) is 12.2. The second-order valence-electron chi connectivity index (χ2n) is 10.8. The fourth-order valence-corrected chi connectivity index (χ4v) is 5.32. The van der Waals surface area contributed by atoms with Crippen molar-refractivity contribution in [2.45, 2.75) is 26.1 Å². The minimum atomic E-state index is -0.463. The number of hydrogen-bond acceptors (Lipinski definition) is 12. The minimum absolute atomic E-state index is 0.000603. The molecule has 0 aliphatic carbocycles. The number of benzene rings is 4. The second kappa shape index (κ2) is 17.6. The third-order valence-electron chi connectivity index (χ3n) is 7.88. The Morgan fingerprint density at radius 3 is 1.02 bits per heavy atom. The zero-order valence-electron chi connectivity index (χ0n) is 29.5. The van der Waals surface area contributed by atoms with Crippen LogP contribution in [0.2, 0.25) is 0 Å². The van der Waals surface area contributed by atoms with Gasteiger partial charge >= 0.3 is 11.9 Å². The SMILES string of the molecule is COc1ccc(CC(=O)OCc2cc(OC)c(OC)cc2-c2cc(OC)c(OC)cc2COC(=O)Cc2ccc(OC)c(OC)c2)cc1OC. The van der Waals surface area contributed by atoms with Crippen LogP contribution in [0.25, 0.3) is 11.1 Å². The van der Waals surface area contributed by atoms with Crippen molar-refractivity contribution < 1.29 is 57.0 Å². The van der Waals surface area contributed by atoms with Crippen LogP contribution in [0.1, 0.15) is 22.3 Å². The Hall–Kier alpha value is -5.78. The number of hydrogen-bond donors (Lipinski definition) is 0. The molecule has 0 heterocycles. The molecule has 0 N–H and O–H groups in total. The third kappa shape index (κ3) is 8.81. The Balaban J connectivity index is 1.65. The summed E-state index contributed by atoms with van der Waals surface area (Å²) in [6.07, 6.45) is 0.00121. The Labute approximate surface area is 291 Å². The molecule has 0 aliphatic rings. The van der Waals surface area contributed by atoms with Crippen LogP contribution in [-0.4, -0.2) is 68.8 Å². The first kappa shape index (κ1) is 37.0. The average molecular weight is 691 g/mol. The van der Waals surface area contributed by atoms with Gasteiger partial charge in [-0.1, -0.05) is 12.1 Å². The first-order valence-corrected chi connectivity index (χ1v) is 15.4. The van der Waals surface area contributed by atoms with Gasteiger partial charge in [-0.15, -0.1) is 0 Å². The first-order chi connectivity index (χ1) is 24.2. The lowest BCUT2D eigenvalue weighted by molar-refractivity contribution is -0.145. The van der Waals surface area contributed by atoms with Gasteiger partial charge in [0.05, 0.1) is 69.7 Å². The Bertz CT molecular complexity index is 1670. The van der Waals surface area contributed by atoms with Gasteiger partial charge < -0.3 is 47.4 Å². The van der Waals surface area contributed by atoms with Crippen molar-refractivity contribution in [1.29, 1.82) is 0 Å². The van der Waals surface area contributed by atoms with E-state index >= 15 is 0 Å². The Morgan fingerprint density at radius 1 is 0.400 bits per heavy atom. The van der Waals surface area contributed by atoms with E-state index in [0.717, 1.165) is 0 Å². The summed E-state index contributed by atoms with van der Waals surface area (Å²) in [6, 6.07) is 17.5. The van der Waals surface area contributed by atoms with E-state index in [2.05, 4.69) is 0 Å². The van der Waals surface area contributed by atoms with Crippen molar-refractivity contribution in [1.82, 2.24) is 0 Å². The molecule has 4 aromatic carbocycles. The third-order valence-corrected chi connectivity index (χ3v) is 7.88. The van der Waals surface area contributed by atoms with E-state index in [1.165, 1.54) is 42.7 Å². The largest absolute Gasteiger partial charge is 0.493 e. The standard InChI is InChI=1S/C38H42O12/c1-41-29-11-9-23(13-31(29)43-3)15-37(39)49-21-25-17-33(45-5)35(47-7)19-27(25)28-20-36(48-8)34(46-6)18-26(28)22-50-38(40)16-24-10-12-30(42-2)32(14-24)44-4/h9-14,17-20H,15-16,21-22H2,1-8H3. The van der Waals surface area contributed by atoms with Gasteiger partial charge in [0.25, 0.3) is 0 Å². The van der Waals surface area contributed by atoms with Gasteiger partial charge in [-0.25, -0.2) is 0 Å². The molecule has 0 radical (unpaired) electrons. The van der Waals surface area contributed by atoms with E-state index in [1.54, 1.807) is 74.9 Å². The van der Waals surface area contributed by atoms with Gasteiger partial charge in [0.1, 0.15) is 13.2 Å². The molecule has 4 aromatic rings. The van der Waals surface area contributed by atoms with Gasteiger partial charge in [-0.2, -0.15) is 0 Å². The van der Waals surface area contributed by atoms with Crippen LogP contribution in [0, 0.1) is 0 Å². The molecular weight excluding hydrogens is 648 g/mol. The summed E-state index contributed by atoms with van der Waals surface area (Å²) in [5, 5.41) is 0. The quantitative estimate of drug-likeness (QED) is 0.121. The molecule has 4 rings (SSSR count). The molecule has 0 saturated carbocycles. The van der Waals surface area contributed by atoms with Crippen molar-refractivity contribution in [3.05, 3.63) is 82.9 Å². The lowest BCUT2D eigenvalue weighted by Crippen LogP contribution is -2.11. The van der Waals surface area contributed by atoms with Crippen LogP contribution in [0.3, 0.4) is 0 Å². The smallest absolute Gasteiger partial charge is 0.310 e. The number of carbonyl (C=O) groups is 2. The van der Waals surface area contributed by atoms with Crippen molar-refractivity contribution in [3.63, 3.8) is 0 Å². The number of rotatable bonds is 17. The van der Waals surface area contributed by atoms with Crippen LogP contribution in [-0.2, 0) is 45.1 Å². The summed E-state index contributed by atoms with van der Waals surface area (Å²) >= 11 is 0. The van der Waals surface area contributed by atoms with Crippen LogP contribution in [0.5, 0.6) is 46.0 Å². The molecule has 0 spiro atoms. The maximum Gasteiger partial charge on any atom is 0.310 e. The maximum atomic E-state index is 13.1. The van der Waals surface area contributed by atoms with E-state index in [-0.39, 0.29) is 26.1 Å². The fourth-order valence-electron chi connectivity index (χ4n) is 5.32. The van der Waals surface area contributed by atoms with Crippen molar-refractivity contribution in [2.75, 3.05) is 56.9 Å². The summed E-state index contributed by atoms with van der Waals surface area (Å²) in [4.78, 5) is 26.1. The molecule has 0 bridgehead atoms. The topological polar surface area (TPSA) is 126 Å². The second-order valence-corrected chi connectivity index (χ2v) is 10.8. The molecule has 0 amide bonds. The number of esters is 2. The predicted octanol–water partition coefficient (Wildman–Crippen LogP) is 5.99. The van der Waals surface area contributed by atoms with E-state index in [1.807, 2.05) is 0 Å². The lowest BCUT2D eigenvalue weighted by Gasteiger charge is -2.20. The van der Waals surface area contributed by atoms with Crippen LogP contribution < -0.4 is 37.9 Å². The average Bonchev–Trinajstić information content (AvgIpc) is 3.15. The van der Waals surface area contributed by atoms with Crippen molar-refractivity contribution in [3.8, 4) is 57.1 Å². The molecule has 0 aromatic heterocycles. The molecule has 266 valence electrons. The normalized spacial score (nSPS) is 10.5. The number of carbonyl (C=O) groups excluding carboxylic acids is 2. The van der Waals surface area contributed by atoms with Crippen LogP contribution in [0.4, 0.5) is 0 Å². The molecule has 0 aliphatic heterocycles. The van der Waals surface area contributed by atoms with E-state index in [0.29, 0.717) is 79.4 Å². The minimum Gasteiger partial charge on any atom is -0.493 e. The van der Waals surface area contributed by atoms with Gasteiger partial charge in [0.2, 0.25) is 0 Å². The van der Waals surface area contributed by atoms with Crippen LogP contribution >= 0.6 is 0 Å². The first-order valence-electron chi connectivity index (χ1n) is 15.4. The highest BCUT2D eigenvalue weighted by atomic mass is 16.5. The molecule has 12 nitrogen and oxygen atoms in total. The highest BCUT2D eigenvalue weighted by Crippen LogP contribution is 2.42. The summed E-state index contributed by atoms with van der Waals surface area (Å²) in [5.74, 6) is 2.94. The lowest BCUT2D eigenvalue weighted by atomic mass is 9.94. The molecule has 0 fully saturated rings. The molecule has 12 heteroatoms. The van der Waals surface area contributed by atoms with E-state index in [9.17, 15) is 9.59 Å². The maximum absolute atomic E-state index is 13.1. The highest BCUT2D eigenvalue weighted by Gasteiger charge is 2.21. The zero-order valence-corrected chi connectivity index (χ0v) is 29.5. The summed E-state index contributed by atoms with van der Waals surface area (Å²) in [6.45, 7) is -0.205.